The fourth-order valence-electron chi connectivity index (χ4n) is 2.21. The second-order valence-corrected chi connectivity index (χ2v) is 5.59. The minimum absolute atomic E-state index is 0.0248. The van der Waals surface area contributed by atoms with Crippen LogP contribution in [-0.2, 0) is 11.2 Å². The van der Waals surface area contributed by atoms with Crippen LogP contribution in [0.4, 0.5) is 0 Å². The van der Waals surface area contributed by atoms with Crippen molar-refractivity contribution >= 4 is 17.2 Å². The van der Waals surface area contributed by atoms with Gasteiger partial charge in [0.15, 0.2) is 0 Å². The van der Waals surface area contributed by atoms with E-state index in [1.165, 1.54) is 0 Å². The Labute approximate surface area is 120 Å². The number of hydrogen-bond donors (Lipinski definition) is 1. The minimum Gasteiger partial charge on any atom is -0.391 e. The number of aromatic nitrogens is 2. The van der Waals surface area contributed by atoms with Crippen molar-refractivity contribution in [2.45, 2.75) is 25.4 Å². The maximum atomic E-state index is 11.9. The van der Waals surface area contributed by atoms with E-state index >= 15 is 0 Å². The van der Waals surface area contributed by atoms with Crippen molar-refractivity contribution in [2.75, 3.05) is 13.1 Å². The third-order valence-corrected chi connectivity index (χ3v) is 4.00. The molecule has 0 aliphatic carbocycles. The molecule has 1 saturated heterocycles. The molecule has 106 valence electrons. The molecule has 3 heterocycles. The SMILES string of the molecule is O=C(CCc1nc(-c2ccsc2)no1)N1CC[C@@H](O)C1. The molecule has 3 rings (SSSR count). The second-order valence-electron chi connectivity index (χ2n) is 4.81. The van der Waals surface area contributed by atoms with Gasteiger partial charge in [0.2, 0.25) is 17.6 Å². The number of carbonyl (C=O) groups excluding carboxylic acids is 1. The van der Waals surface area contributed by atoms with E-state index in [2.05, 4.69) is 10.1 Å². The molecule has 6 nitrogen and oxygen atoms in total. The number of aliphatic hydroxyl groups is 1. The molecule has 0 bridgehead atoms. The van der Waals surface area contributed by atoms with Gasteiger partial charge in [0.1, 0.15) is 0 Å². The number of thiophene rings is 1. The third kappa shape index (κ3) is 2.88. The lowest BCUT2D eigenvalue weighted by Gasteiger charge is -2.14. The molecule has 20 heavy (non-hydrogen) atoms. The highest BCUT2D eigenvalue weighted by Crippen LogP contribution is 2.19. The Hall–Kier alpha value is -1.73. The van der Waals surface area contributed by atoms with Crippen molar-refractivity contribution in [3.63, 3.8) is 0 Å². The van der Waals surface area contributed by atoms with Crippen LogP contribution in [0.25, 0.3) is 11.4 Å². The van der Waals surface area contributed by atoms with Crippen LogP contribution in [0.3, 0.4) is 0 Å². The number of amides is 1. The molecular formula is C13H15N3O3S. The van der Waals surface area contributed by atoms with E-state index in [0.29, 0.717) is 44.1 Å². The zero-order valence-electron chi connectivity index (χ0n) is 10.9. The standard InChI is InChI=1S/C13H15N3O3S/c17-10-3-5-16(7-10)12(18)2-1-11-14-13(15-19-11)9-4-6-20-8-9/h4,6,8,10,17H,1-3,5,7H2/t10-/m1/s1. The van der Waals surface area contributed by atoms with Crippen LogP contribution in [0.2, 0.25) is 0 Å². The molecule has 2 aromatic heterocycles. The van der Waals surface area contributed by atoms with Gasteiger partial charge in [-0.25, -0.2) is 0 Å². The molecule has 0 radical (unpaired) electrons. The average molecular weight is 293 g/mol. The van der Waals surface area contributed by atoms with E-state index in [9.17, 15) is 9.90 Å². The molecule has 1 N–H and O–H groups in total. The monoisotopic (exact) mass is 293 g/mol. The lowest BCUT2D eigenvalue weighted by Crippen LogP contribution is -2.29. The van der Waals surface area contributed by atoms with E-state index in [1.54, 1.807) is 16.2 Å². The van der Waals surface area contributed by atoms with Crippen LogP contribution in [0.5, 0.6) is 0 Å². The molecule has 0 aromatic carbocycles. The van der Waals surface area contributed by atoms with Gasteiger partial charge in [0, 0.05) is 36.9 Å². The molecule has 0 unspecified atom stereocenters. The van der Waals surface area contributed by atoms with E-state index in [0.717, 1.165) is 5.56 Å². The van der Waals surface area contributed by atoms with Gasteiger partial charge in [-0.05, 0) is 17.9 Å². The lowest BCUT2D eigenvalue weighted by atomic mass is 10.2. The highest BCUT2D eigenvalue weighted by molar-refractivity contribution is 7.08. The van der Waals surface area contributed by atoms with Crippen molar-refractivity contribution in [3.8, 4) is 11.4 Å². The first-order valence-corrected chi connectivity index (χ1v) is 7.47. The molecule has 1 atom stereocenters. The Morgan fingerprint density at radius 2 is 2.50 bits per heavy atom. The first-order valence-electron chi connectivity index (χ1n) is 6.53. The highest BCUT2D eigenvalue weighted by atomic mass is 32.1. The van der Waals surface area contributed by atoms with Gasteiger partial charge < -0.3 is 14.5 Å². The summed E-state index contributed by atoms with van der Waals surface area (Å²) in [4.78, 5) is 17.9. The van der Waals surface area contributed by atoms with Gasteiger partial charge in [-0.15, -0.1) is 0 Å². The van der Waals surface area contributed by atoms with Crippen LogP contribution in [-0.4, -0.2) is 45.2 Å². The van der Waals surface area contributed by atoms with Crippen LogP contribution in [0, 0.1) is 0 Å². The van der Waals surface area contributed by atoms with Crippen molar-refractivity contribution in [3.05, 3.63) is 22.7 Å². The number of rotatable bonds is 4. The smallest absolute Gasteiger partial charge is 0.227 e. The maximum absolute atomic E-state index is 11.9. The van der Waals surface area contributed by atoms with Gasteiger partial charge in [-0.1, -0.05) is 5.16 Å². The number of aryl methyl sites for hydroxylation is 1. The van der Waals surface area contributed by atoms with Crippen LogP contribution in [0.1, 0.15) is 18.7 Å². The summed E-state index contributed by atoms with van der Waals surface area (Å²) in [6, 6.07) is 1.93. The van der Waals surface area contributed by atoms with Crippen molar-refractivity contribution < 1.29 is 14.4 Å². The molecule has 1 amide bonds. The molecule has 7 heteroatoms. The zero-order chi connectivity index (χ0) is 13.9. The van der Waals surface area contributed by atoms with E-state index in [1.807, 2.05) is 16.8 Å². The summed E-state index contributed by atoms with van der Waals surface area (Å²) in [6.07, 6.45) is 1.04. The van der Waals surface area contributed by atoms with Crippen LogP contribution < -0.4 is 0 Å². The van der Waals surface area contributed by atoms with Crippen LogP contribution in [0.15, 0.2) is 21.3 Å². The Balaban J connectivity index is 1.55. The fourth-order valence-corrected chi connectivity index (χ4v) is 2.84. The van der Waals surface area contributed by atoms with Crippen molar-refractivity contribution in [1.82, 2.24) is 15.0 Å². The lowest BCUT2D eigenvalue weighted by molar-refractivity contribution is -0.130. The summed E-state index contributed by atoms with van der Waals surface area (Å²) < 4.78 is 5.15. The number of carbonyl (C=O) groups is 1. The minimum atomic E-state index is -0.382. The summed E-state index contributed by atoms with van der Waals surface area (Å²) in [5, 5.41) is 17.2. The summed E-state index contributed by atoms with van der Waals surface area (Å²) in [6.45, 7) is 1.06. The molecular weight excluding hydrogens is 278 g/mol. The van der Waals surface area contributed by atoms with E-state index < -0.39 is 0 Å². The van der Waals surface area contributed by atoms with E-state index in [4.69, 9.17) is 4.52 Å². The third-order valence-electron chi connectivity index (χ3n) is 3.32. The molecule has 1 aliphatic rings. The predicted molar refractivity (Wildman–Crippen MR) is 73.1 cm³/mol. The largest absolute Gasteiger partial charge is 0.391 e. The molecule has 0 spiro atoms. The normalized spacial score (nSPS) is 18.6. The van der Waals surface area contributed by atoms with Crippen molar-refractivity contribution in [2.24, 2.45) is 0 Å². The summed E-state index contributed by atoms with van der Waals surface area (Å²) in [7, 11) is 0. The Kier molecular flexibility index (Phi) is 3.79. The van der Waals surface area contributed by atoms with Gasteiger partial charge in [-0.2, -0.15) is 16.3 Å². The fraction of sp³-hybridized carbons (Fsp3) is 0.462. The number of hydrogen-bond acceptors (Lipinski definition) is 6. The molecule has 1 fully saturated rings. The predicted octanol–water partition coefficient (Wildman–Crippen LogP) is 1.32. The number of likely N-dealkylation sites (tertiary alicyclic amines) is 1. The van der Waals surface area contributed by atoms with Gasteiger partial charge >= 0.3 is 0 Å². The second kappa shape index (κ2) is 5.72. The Morgan fingerprint density at radius 1 is 1.60 bits per heavy atom. The van der Waals surface area contributed by atoms with Gasteiger partial charge in [0.05, 0.1) is 6.10 Å². The zero-order valence-corrected chi connectivity index (χ0v) is 11.7. The van der Waals surface area contributed by atoms with Crippen molar-refractivity contribution in [1.29, 1.82) is 0 Å². The first-order chi connectivity index (χ1) is 9.72. The average Bonchev–Trinajstić information content (AvgIpc) is 3.16. The molecule has 0 saturated carbocycles. The molecule has 1 aliphatic heterocycles. The quantitative estimate of drug-likeness (QED) is 0.919. The summed E-state index contributed by atoms with van der Waals surface area (Å²) in [5.41, 5.74) is 0.930. The Bertz CT molecular complexity index is 581. The van der Waals surface area contributed by atoms with E-state index in [-0.39, 0.29) is 12.0 Å². The number of β-amino-alcohol motifs (C(OH)–C–C–N with tert-alkyl or cyclic N) is 1. The Morgan fingerprint density at radius 3 is 3.20 bits per heavy atom. The summed E-state index contributed by atoms with van der Waals surface area (Å²) >= 11 is 1.57. The number of aliphatic hydroxyl groups excluding tert-OH is 1. The van der Waals surface area contributed by atoms with Crippen LogP contribution >= 0.6 is 11.3 Å². The molecule has 2 aromatic rings. The number of nitrogens with zero attached hydrogens (tertiary/aromatic N) is 3. The summed E-state index contributed by atoms with van der Waals surface area (Å²) in [5.74, 6) is 1.06. The first kappa shape index (κ1) is 13.3. The van der Waals surface area contributed by atoms with Gasteiger partial charge in [0.25, 0.3) is 0 Å². The van der Waals surface area contributed by atoms with Gasteiger partial charge in [-0.3, -0.25) is 4.79 Å². The topological polar surface area (TPSA) is 79.5 Å². The maximum Gasteiger partial charge on any atom is 0.227 e. The highest BCUT2D eigenvalue weighted by Gasteiger charge is 2.24.